The van der Waals surface area contributed by atoms with Gasteiger partial charge in [0.15, 0.2) is 0 Å². The minimum absolute atomic E-state index is 0.147. The lowest BCUT2D eigenvalue weighted by Crippen LogP contribution is -2.10. The summed E-state index contributed by atoms with van der Waals surface area (Å²) in [5.74, 6) is 1.28. The van der Waals surface area contributed by atoms with Crippen molar-refractivity contribution in [2.75, 3.05) is 5.73 Å². The van der Waals surface area contributed by atoms with Crippen molar-refractivity contribution in [3.05, 3.63) is 48.2 Å². The number of nitrogen functional groups attached to an aromatic ring is 1. The Morgan fingerprint density at radius 2 is 1.72 bits per heavy atom. The summed E-state index contributed by atoms with van der Waals surface area (Å²) in [6.45, 7) is 6.55. The van der Waals surface area contributed by atoms with Crippen LogP contribution in [0.1, 0.15) is 26.3 Å². The Morgan fingerprint density at radius 1 is 1.06 bits per heavy atom. The molecule has 0 amide bonds. The maximum Gasteiger partial charge on any atom is 0.221 e. The molecule has 0 saturated carbocycles. The third-order valence-electron chi connectivity index (χ3n) is 2.70. The number of hydrogen-bond acceptors (Lipinski definition) is 3. The number of anilines is 1. The Kier molecular flexibility index (Phi) is 3.24. The molecule has 0 fully saturated rings. The van der Waals surface area contributed by atoms with Gasteiger partial charge in [0.2, 0.25) is 5.88 Å². The van der Waals surface area contributed by atoms with E-state index >= 15 is 0 Å². The van der Waals surface area contributed by atoms with Gasteiger partial charge in [-0.2, -0.15) is 0 Å². The van der Waals surface area contributed by atoms with Crippen LogP contribution in [0.15, 0.2) is 42.6 Å². The van der Waals surface area contributed by atoms with Crippen LogP contribution >= 0.6 is 0 Å². The van der Waals surface area contributed by atoms with Crippen molar-refractivity contribution in [1.82, 2.24) is 4.98 Å². The standard InChI is InChI=1S/C15H18N2O/c1-15(2,3)11-4-6-13(7-5-11)18-14-10-12(16)8-9-17-14/h4-10H,1-3H3,(H2,16,17). The van der Waals surface area contributed by atoms with Crippen molar-refractivity contribution in [2.24, 2.45) is 0 Å². The lowest BCUT2D eigenvalue weighted by Gasteiger charge is -2.19. The second kappa shape index (κ2) is 4.69. The number of pyridine rings is 1. The molecule has 0 radical (unpaired) electrons. The van der Waals surface area contributed by atoms with Crippen LogP contribution in [0, 0.1) is 0 Å². The molecular formula is C15H18N2O. The van der Waals surface area contributed by atoms with E-state index < -0.39 is 0 Å². The molecule has 0 aliphatic rings. The average Bonchev–Trinajstić information content (AvgIpc) is 2.28. The molecule has 0 aliphatic carbocycles. The lowest BCUT2D eigenvalue weighted by atomic mass is 9.87. The normalized spacial score (nSPS) is 11.3. The highest BCUT2D eigenvalue weighted by Gasteiger charge is 2.13. The first kappa shape index (κ1) is 12.4. The average molecular weight is 242 g/mol. The van der Waals surface area contributed by atoms with E-state index in [-0.39, 0.29) is 5.41 Å². The zero-order valence-corrected chi connectivity index (χ0v) is 11.0. The summed E-state index contributed by atoms with van der Waals surface area (Å²) in [6.07, 6.45) is 1.63. The lowest BCUT2D eigenvalue weighted by molar-refractivity contribution is 0.462. The summed E-state index contributed by atoms with van der Waals surface area (Å²) >= 11 is 0. The second-order valence-corrected chi connectivity index (χ2v) is 5.30. The van der Waals surface area contributed by atoms with Crippen LogP contribution in [0.25, 0.3) is 0 Å². The van der Waals surface area contributed by atoms with Gasteiger partial charge in [-0.3, -0.25) is 0 Å². The molecule has 3 nitrogen and oxygen atoms in total. The molecule has 1 aromatic carbocycles. The summed E-state index contributed by atoms with van der Waals surface area (Å²) in [4.78, 5) is 4.10. The minimum Gasteiger partial charge on any atom is -0.439 e. The number of nitrogens with zero attached hydrogens (tertiary/aromatic N) is 1. The zero-order valence-electron chi connectivity index (χ0n) is 11.0. The second-order valence-electron chi connectivity index (χ2n) is 5.30. The maximum absolute atomic E-state index is 5.67. The van der Waals surface area contributed by atoms with Gasteiger partial charge < -0.3 is 10.5 Å². The summed E-state index contributed by atoms with van der Waals surface area (Å²) in [6, 6.07) is 11.5. The van der Waals surface area contributed by atoms with Crippen molar-refractivity contribution >= 4 is 5.69 Å². The SMILES string of the molecule is CC(C)(C)c1ccc(Oc2cc(N)ccn2)cc1. The van der Waals surface area contributed by atoms with Crippen molar-refractivity contribution < 1.29 is 4.74 Å². The summed E-state index contributed by atoms with van der Waals surface area (Å²) < 4.78 is 5.64. The fraction of sp³-hybridized carbons (Fsp3) is 0.267. The van der Waals surface area contributed by atoms with Crippen molar-refractivity contribution in [3.8, 4) is 11.6 Å². The van der Waals surface area contributed by atoms with E-state index in [2.05, 4.69) is 37.9 Å². The van der Waals surface area contributed by atoms with E-state index in [0.29, 0.717) is 11.6 Å². The first-order valence-electron chi connectivity index (χ1n) is 5.95. The Bertz CT molecular complexity index is 527. The fourth-order valence-corrected chi connectivity index (χ4v) is 1.62. The molecule has 2 N–H and O–H groups in total. The number of aromatic nitrogens is 1. The van der Waals surface area contributed by atoms with E-state index in [1.165, 1.54) is 5.56 Å². The van der Waals surface area contributed by atoms with Crippen molar-refractivity contribution in [2.45, 2.75) is 26.2 Å². The number of benzene rings is 1. The van der Waals surface area contributed by atoms with Gasteiger partial charge in [-0.15, -0.1) is 0 Å². The van der Waals surface area contributed by atoms with Gasteiger partial charge >= 0.3 is 0 Å². The van der Waals surface area contributed by atoms with Gasteiger partial charge in [0.25, 0.3) is 0 Å². The number of rotatable bonds is 2. The third kappa shape index (κ3) is 3.00. The van der Waals surface area contributed by atoms with Crippen LogP contribution in [0.2, 0.25) is 0 Å². The van der Waals surface area contributed by atoms with Gasteiger partial charge in [-0.1, -0.05) is 32.9 Å². The molecule has 0 unspecified atom stereocenters. The molecule has 1 heterocycles. The first-order valence-corrected chi connectivity index (χ1v) is 5.95. The summed E-state index contributed by atoms with van der Waals surface area (Å²) in [5.41, 5.74) is 7.74. The van der Waals surface area contributed by atoms with Crippen molar-refractivity contribution in [1.29, 1.82) is 0 Å². The van der Waals surface area contributed by atoms with Gasteiger partial charge in [0, 0.05) is 18.0 Å². The van der Waals surface area contributed by atoms with Crippen LogP contribution in [0.3, 0.4) is 0 Å². The molecule has 2 aromatic rings. The van der Waals surface area contributed by atoms with E-state index in [1.807, 2.05) is 12.1 Å². The van der Waals surface area contributed by atoms with E-state index in [0.717, 1.165) is 5.75 Å². The van der Waals surface area contributed by atoms with Crippen LogP contribution in [0.5, 0.6) is 11.6 Å². The number of ether oxygens (including phenoxy) is 1. The van der Waals surface area contributed by atoms with Crippen LogP contribution < -0.4 is 10.5 Å². The Hall–Kier alpha value is -2.03. The quantitative estimate of drug-likeness (QED) is 0.872. The van der Waals surface area contributed by atoms with Crippen LogP contribution in [-0.2, 0) is 5.41 Å². The molecule has 3 heteroatoms. The molecule has 0 atom stereocenters. The van der Waals surface area contributed by atoms with Gasteiger partial charge in [-0.05, 0) is 29.2 Å². The molecule has 18 heavy (non-hydrogen) atoms. The Balaban J connectivity index is 2.16. The molecule has 0 aliphatic heterocycles. The minimum atomic E-state index is 0.147. The number of nitrogens with two attached hydrogens (primary N) is 1. The Labute approximate surface area is 108 Å². The maximum atomic E-state index is 5.67. The fourth-order valence-electron chi connectivity index (χ4n) is 1.62. The van der Waals surface area contributed by atoms with E-state index in [9.17, 15) is 0 Å². The molecular weight excluding hydrogens is 224 g/mol. The van der Waals surface area contributed by atoms with Crippen LogP contribution in [-0.4, -0.2) is 4.98 Å². The highest BCUT2D eigenvalue weighted by atomic mass is 16.5. The monoisotopic (exact) mass is 242 g/mol. The van der Waals surface area contributed by atoms with Gasteiger partial charge in [-0.25, -0.2) is 4.98 Å². The predicted molar refractivity (Wildman–Crippen MR) is 73.9 cm³/mol. The van der Waals surface area contributed by atoms with Gasteiger partial charge in [0.05, 0.1) is 0 Å². The smallest absolute Gasteiger partial charge is 0.221 e. The van der Waals surface area contributed by atoms with Crippen LogP contribution in [0.4, 0.5) is 5.69 Å². The molecule has 2 rings (SSSR count). The third-order valence-corrected chi connectivity index (χ3v) is 2.70. The topological polar surface area (TPSA) is 48.1 Å². The largest absolute Gasteiger partial charge is 0.439 e. The van der Waals surface area contributed by atoms with Gasteiger partial charge in [0.1, 0.15) is 5.75 Å². The highest BCUT2D eigenvalue weighted by Crippen LogP contribution is 2.26. The summed E-state index contributed by atoms with van der Waals surface area (Å²) in [5, 5.41) is 0. The molecule has 0 saturated heterocycles. The van der Waals surface area contributed by atoms with E-state index in [4.69, 9.17) is 10.5 Å². The molecule has 1 aromatic heterocycles. The Morgan fingerprint density at radius 3 is 2.28 bits per heavy atom. The molecule has 0 spiro atoms. The zero-order chi connectivity index (χ0) is 13.2. The first-order chi connectivity index (χ1) is 8.45. The number of hydrogen-bond donors (Lipinski definition) is 1. The highest BCUT2D eigenvalue weighted by molar-refractivity contribution is 5.41. The predicted octanol–water partition coefficient (Wildman–Crippen LogP) is 3.75. The van der Waals surface area contributed by atoms with E-state index in [1.54, 1.807) is 18.3 Å². The molecule has 94 valence electrons. The summed E-state index contributed by atoms with van der Waals surface area (Å²) in [7, 11) is 0. The van der Waals surface area contributed by atoms with Crippen molar-refractivity contribution in [3.63, 3.8) is 0 Å². The molecule has 0 bridgehead atoms.